The van der Waals surface area contributed by atoms with Crippen LogP contribution in [0, 0.1) is 0 Å². The highest BCUT2D eigenvalue weighted by Crippen LogP contribution is 2.22. The second-order valence-electron chi connectivity index (χ2n) is 3.96. The number of thiocarbonyl (C=S) groups is 1. The van der Waals surface area contributed by atoms with Gasteiger partial charge >= 0.3 is 0 Å². The van der Waals surface area contributed by atoms with E-state index in [4.69, 9.17) is 17.0 Å². The normalized spacial score (nSPS) is 12.1. The van der Waals surface area contributed by atoms with E-state index < -0.39 is 0 Å². The lowest BCUT2D eigenvalue weighted by molar-refractivity contribution is 0.205. The van der Waals surface area contributed by atoms with E-state index in [1.54, 1.807) is 30.5 Å². The standard InChI is InChI=1S/C13H14N2O2S/c1-9(12-14-7-8-15(12)2)17-13(18)10-5-3-4-6-11(10)16/h3-9,16H,1-2H3. The third-order valence-corrected chi connectivity index (χ3v) is 2.95. The van der Waals surface area contributed by atoms with Crippen LogP contribution in [0.4, 0.5) is 0 Å². The molecule has 0 saturated carbocycles. The summed E-state index contributed by atoms with van der Waals surface area (Å²) in [6, 6.07) is 6.85. The topological polar surface area (TPSA) is 47.3 Å². The maximum Gasteiger partial charge on any atom is 0.195 e. The zero-order chi connectivity index (χ0) is 13.1. The number of aromatic hydroxyl groups is 1. The molecule has 4 nitrogen and oxygen atoms in total. The van der Waals surface area contributed by atoms with Gasteiger partial charge in [0.1, 0.15) is 11.6 Å². The summed E-state index contributed by atoms with van der Waals surface area (Å²) in [7, 11) is 1.89. The number of phenolic OH excluding ortho intramolecular Hbond substituents is 1. The summed E-state index contributed by atoms with van der Waals surface area (Å²) in [5.74, 6) is 0.905. The number of rotatable bonds is 3. The predicted molar refractivity (Wildman–Crippen MR) is 72.5 cm³/mol. The lowest BCUT2D eigenvalue weighted by Gasteiger charge is -2.15. The fraction of sp³-hybridized carbons (Fsp3) is 0.231. The van der Waals surface area contributed by atoms with E-state index in [9.17, 15) is 5.11 Å². The molecule has 0 aliphatic heterocycles. The Morgan fingerprint density at radius 1 is 1.44 bits per heavy atom. The molecule has 0 amide bonds. The molecule has 1 heterocycles. The molecule has 0 aliphatic carbocycles. The average Bonchev–Trinajstić information content (AvgIpc) is 2.76. The van der Waals surface area contributed by atoms with Crippen LogP contribution in [-0.2, 0) is 11.8 Å². The zero-order valence-electron chi connectivity index (χ0n) is 10.2. The van der Waals surface area contributed by atoms with Crippen molar-refractivity contribution in [2.24, 2.45) is 7.05 Å². The Labute approximate surface area is 111 Å². The van der Waals surface area contributed by atoms with Gasteiger partial charge in [0.2, 0.25) is 0 Å². The summed E-state index contributed by atoms with van der Waals surface area (Å²) in [4.78, 5) is 4.20. The number of para-hydroxylation sites is 1. The minimum atomic E-state index is -0.267. The highest BCUT2D eigenvalue weighted by Gasteiger charge is 2.16. The smallest absolute Gasteiger partial charge is 0.195 e. The van der Waals surface area contributed by atoms with Gasteiger partial charge < -0.3 is 14.4 Å². The molecule has 0 radical (unpaired) electrons. The molecule has 2 rings (SSSR count). The Balaban J connectivity index is 2.13. The summed E-state index contributed by atoms with van der Waals surface area (Å²) >= 11 is 5.18. The summed E-state index contributed by atoms with van der Waals surface area (Å²) in [5.41, 5.74) is 0.522. The van der Waals surface area contributed by atoms with E-state index in [1.165, 1.54) is 0 Å². The first-order valence-corrected chi connectivity index (χ1v) is 5.96. The van der Waals surface area contributed by atoms with E-state index in [1.807, 2.05) is 24.7 Å². The molecular weight excluding hydrogens is 248 g/mol. The maximum absolute atomic E-state index is 9.69. The van der Waals surface area contributed by atoms with Gasteiger partial charge in [0.25, 0.3) is 0 Å². The van der Waals surface area contributed by atoms with Gasteiger partial charge in [0.15, 0.2) is 11.2 Å². The number of benzene rings is 1. The van der Waals surface area contributed by atoms with Crippen LogP contribution in [0.5, 0.6) is 5.75 Å². The van der Waals surface area contributed by atoms with Crippen molar-refractivity contribution in [2.75, 3.05) is 0 Å². The second-order valence-corrected chi connectivity index (χ2v) is 4.33. The molecule has 94 valence electrons. The molecule has 1 aromatic heterocycles. The first-order valence-electron chi connectivity index (χ1n) is 5.56. The number of phenols is 1. The van der Waals surface area contributed by atoms with Crippen LogP contribution in [0.3, 0.4) is 0 Å². The van der Waals surface area contributed by atoms with E-state index >= 15 is 0 Å². The molecular formula is C13H14N2O2S. The van der Waals surface area contributed by atoms with Crippen molar-refractivity contribution in [3.05, 3.63) is 48.0 Å². The molecule has 5 heteroatoms. The number of nitrogens with zero attached hydrogens (tertiary/aromatic N) is 2. The first-order chi connectivity index (χ1) is 8.59. The largest absolute Gasteiger partial charge is 0.507 e. The molecule has 0 saturated heterocycles. The molecule has 1 N–H and O–H groups in total. The Hall–Kier alpha value is -1.88. The van der Waals surface area contributed by atoms with Gasteiger partial charge in [0, 0.05) is 19.4 Å². The second kappa shape index (κ2) is 5.18. The number of hydrogen-bond acceptors (Lipinski definition) is 4. The molecule has 2 aromatic rings. The van der Waals surface area contributed by atoms with Crippen molar-refractivity contribution in [2.45, 2.75) is 13.0 Å². The van der Waals surface area contributed by atoms with Crippen molar-refractivity contribution in [3.8, 4) is 5.75 Å². The third kappa shape index (κ3) is 2.51. The molecule has 0 fully saturated rings. The zero-order valence-corrected chi connectivity index (χ0v) is 11.0. The van der Waals surface area contributed by atoms with Gasteiger partial charge in [-0.05, 0) is 31.3 Å². The summed E-state index contributed by atoms with van der Waals surface area (Å²) in [6.07, 6.45) is 3.29. The quantitative estimate of drug-likeness (QED) is 0.864. The van der Waals surface area contributed by atoms with Crippen molar-refractivity contribution in [1.29, 1.82) is 0 Å². The minimum Gasteiger partial charge on any atom is -0.507 e. The fourth-order valence-electron chi connectivity index (χ4n) is 1.69. The number of ether oxygens (including phenoxy) is 1. The number of aromatic nitrogens is 2. The van der Waals surface area contributed by atoms with Crippen LogP contribution in [0.25, 0.3) is 0 Å². The third-order valence-electron chi connectivity index (χ3n) is 2.63. The number of hydrogen-bond donors (Lipinski definition) is 1. The highest BCUT2D eigenvalue weighted by atomic mass is 32.1. The summed E-state index contributed by atoms with van der Waals surface area (Å²) in [5, 5.41) is 9.96. The van der Waals surface area contributed by atoms with Crippen molar-refractivity contribution in [1.82, 2.24) is 9.55 Å². The Bertz CT molecular complexity index is 566. The van der Waals surface area contributed by atoms with Gasteiger partial charge in [-0.15, -0.1) is 0 Å². The Kier molecular flexibility index (Phi) is 3.62. The Morgan fingerprint density at radius 3 is 2.78 bits per heavy atom. The van der Waals surface area contributed by atoms with E-state index in [-0.39, 0.29) is 16.9 Å². The minimum absolute atomic E-state index is 0.120. The van der Waals surface area contributed by atoms with Crippen LogP contribution in [0.2, 0.25) is 0 Å². The van der Waals surface area contributed by atoms with Crippen LogP contribution in [-0.4, -0.2) is 19.7 Å². The summed E-state index contributed by atoms with van der Waals surface area (Å²) in [6.45, 7) is 1.87. The van der Waals surface area contributed by atoms with Crippen LogP contribution >= 0.6 is 12.2 Å². The average molecular weight is 262 g/mol. The molecule has 18 heavy (non-hydrogen) atoms. The number of aryl methyl sites for hydroxylation is 1. The monoisotopic (exact) mass is 262 g/mol. The number of imidazole rings is 1. The van der Waals surface area contributed by atoms with Crippen molar-refractivity contribution >= 4 is 17.3 Å². The van der Waals surface area contributed by atoms with Gasteiger partial charge in [0.05, 0.1) is 5.56 Å². The fourth-order valence-corrected chi connectivity index (χ4v) is 2.01. The van der Waals surface area contributed by atoms with Crippen LogP contribution in [0.15, 0.2) is 36.7 Å². The molecule has 1 unspecified atom stereocenters. The van der Waals surface area contributed by atoms with Crippen LogP contribution in [0.1, 0.15) is 24.4 Å². The van der Waals surface area contributed by atoms with E-state index in [0.717, 1.165) is 5.82 Å². The lowest BCUT2D eigenvalue weighted by atomic mass is 10.2. The molecule has 1 aromatic carbocycles. The van der Waals surface area contributed by atoms with Gasteiger partial charge in [-0.25, -0.2) is 4.98 Å². The van der Waals surface area contributed by atoms with Crippen LogP contribution < -0.4 is 0 Å². The predicted octanol–water partition coefficient (Wildman–Crippen LogP) is 2.58. The molecule has 0 spiro atoms. The molecule has 0 bridgehead atoms. The van der Waals surface area contributed by atoms with Crippen molar-refractivity contribution in [3.63, 3.8) is 0 Å². The SMILES string of the molecule is CC(OC(=S)c1ccccc1O)c1nccn1C. The molecule has 0 aliphatic rings. The Morgan fingerprint density at radius 2 is 2.17 bits per heavy atom. The van der Waals surface area contributed by atoms with E-state index in [0.29, 0.717) is 5.56 Å². The highest BCUT2D eigenvalue weighted by molar-refractivity contribution is 7.80. The lowest BCUT2D eigenvalue weighted by Crippen LogP contribution is -2.12. The first kappa shape index (κ1) is 12.6. The van der Waals surface area contributed by atoms with Gasteiger partial charge in [-0.2, -0.15) is 0 Å². The van der Waals surface area contributed by atoms with Gasteiger partial charge in [-0.3, -0.25) is 0 Å². The maximum atomic E-state index is 9.69. The van der Waals surface area contributed by atoms with E-state index in [2.05, 4.69) is 4.98 Å². The van der Waals surface area contributed by atoms with Gasteiger partial charge in [-0.1, -0.05) is 12.1 Å². The van der Waals surface area contributed by atoms with Crippen molar-refractivity contribution < 1.29 is 9.84 Å². The summed E-state index contributed by atoms with van der Waals surface area (Å²) < 4.78 is 7.50. The molecule has 1 atom stereocenters.